The second-order valence-electron chi connectivity index (χ2n) is 3.93. The number of nitrogens with two attached hydrogens (primary N) is 1. The summed E-state index contributed by atoms with van der Waals surface area (Å²) < 4.78 is 4.93. The van der Waals surface area contributed by atoms with E-state index in [4.69, 9.17) is 10.5 Å². The monoisotopic (exact) mass is 236 g/mol. The molecule has 0 saturated carbocycles. The van der Waals surface area contributed by atoms with Crippen molar-refractivity contribution < 1.29 is 9.53 Å². The van der Waals surface area contributed by atoms with E-state index < -0.39 is 0 Å². The van der Waals surface area contributed by atoms with Crippen LogP contribution in [0.3, 0.4) is 0 Å². The molecule has 0 aliphatic rings. The molecule has 0 saturated heterocycles. The zero-order valence-electron chi connectivity index (χ0n) is 10.2. The van der Waals surface area contributed by atoms with E-state index in [0.29, 0.717) is 18.7 Å². The van der Waals surface area contributed by atoms with Crippen molar-refractivity contribution in [1.82, 2.24) is 5.32 Å². The van der Waals surface area contributed by atoms with Gasteiger partial charge in [-0.15, -0.1) is 0 Å². The van der Waals surface area contributed by atoms with Crippen molar-refractivity contribution >= 4 is 11.6 Å². The van der Waals surface area contributed by atoms with Gasteiger partial charge in [0.25, 0.3) is 0 Å². The van der Waals surface area contributed by atoms with Crippen LogP contribution in [0.2, 0.25) is 0 Å². The standard InChI is InChI=1S/C13H20N2O2/c1-17-9-5-4-8-15-13(16)10-11-6-2-3-7-12(11)14/h2-3,6-7H,4-5,8-10,14H2,1H3,(H,15,16). The largest absolute Gasteiger partial charge is 0.398 e. The van der Waals surface area contributed by atoms with Gasteiger partial charge in [0.15, 0.2) is 0 Å². The molecule has 1 aromatic rings. The van der Waals surface area contributed by atoms with E-state index in [0.717, 1.165) is 25.0 Å². The van der Waals surface area contributed by atoms with Crippen LogP contribution in [-0.2, 0) is 16.0 Å². The Hall–Kier alpha value is -1.55. The summed E-state index contributed by atoms with van der Waals surface area (Å²) in [4.78, 5) is 11.6. The molecule has 0 aliphatic carbocycles. The maximum atomic E-state index is 11.6. The minimum absolute atomic E-state index is 0.0142. The van der Waals surface area contributed by atoms with E-state index in [2.05, 4.69) is 5.32 Å². The highest BCUT2D eigenvalue weighted by atomic mass is 16.5. The van der Waals surface area contributed by atoms with Crippen LogP contribution in [0.4, 0.5) is 5.69 Å². The van der Waals surface area contributed by atoms with Crippen molar-refractivity contribution in [2.75, 3.05) is 26.0 Å². The van der Waals surface area contributed by atoms with Gasteiger partial charge in [-0.2, -0.15) is 0 Å². The van der Waals surface area contributed by atoms with Crippen LogP contribution >= 0.6 is 0 Å². The molecule has 0 aliphatic heterocycles. The molecule has 0 atom stereocenters. The summed E-state index contributed by atoms with van der Waals surface area (Å²) in [5.41, 5.74) is 7.31. The third-order valence-electron chi connectivity index (χ3n) is 2.50. The number of amides is 1. The molecule has 94 valence electrons. The predicted octanol–water partition coefficient (Wildman–Crippen LogP) is 1.35. The van der Waals surface area contributed by atoms with Gasteiger partial charge in [-0.1, -0.05) is 18.2 Å². The molecule has 4 heteroatoms. The molecule has 1 aromatic carbocycles. The van der Waals surface area contributed by atoms with Crippen molar-refractivity contribution in [2.45, 2.75) is 19.3 Å². The third kappa shape index (κ3) is 5.36. The van der Waals surface area contributed by atoms with Crippen LogP contribution < -0.4 is 11.1 Å². The molecule has 0 heterocycles. The SMILES string of the molecule is COCCCCNC(=O)Cc1ccccc1N. The van der Waals surface area contributed by atoms with Crippen LogP contribution in [0.25, 0.3) is 0 Å². The summed E-state index contributed by atoms with van der Waals surface area (Å²) >= 11 is 0. The zero-order valence-corrected chi connectivity index (χ0v) is 10.2. The Balaban J connectivity index is 2.23. The number of methoxy groups -OCH3 is 1. The molecule has 1 rings (SSSR count). The molecule has 0 unspecified atom stereocenters. The van der Waals surface area contributed by atoms with Gasteiger partial charge in [0.1, 0.15) is 0 Å². The lowest BCUT2D eigenvalue weighted by Crippen LogP contribution is -2.26. The molecule has 17 heavy (non-hydrogen) atoms. The average Bonchev–Trinajstić information content (AvgIpc) is 2.32. The highest BCUT2D eigenvalue weighted by Gasteiger charge is 2.04. The summed E-state index contributed by atoms with van der Waals surface area (Å²) in [6, 6.07) is 7.43. The first-order valence-electron chi connectivity index (χ1n) is 5.83. The predicted molar refractivity (Wildman–Crippen MR) is 68.7 cm³/mol. The van der Waals surface area contributed by atoms with Crippen molar-refractivity contribution in [3.8, 4) is 0 Å². The number of para-hydroxylation sites is 1. The van der Waals surface area contributed by atoms with E-state index in [1.54, 1.807) is 13.2 Å². The van der Waals surface area contributed by atoms with E-state index in [1.807, 2.05) is 18.2 Å². The Labute approximate surface area is 102 Å². The Bertz CT molecular complexity index is 353. The minimum Gasteiger partial charge on any atom is -0.398 e. The van der Waals surface area contributed by atoms with Gasteiger partial charge in [0.05, 0.1) is 6.42 Å². The first-order chi connectivity index (χ1) is 8.24. The van der Waals surface area contributed by atoms with E-state index in [1.165, 1.54) is 0 Å². The lowest BCUT2D eigenvalue weighted by atomic mass is 10.1. The average molecular weight is 236 g/mol. The molecule has 0 bridgehead atoms. The molecular formula is C13H20N2O2. The smallest absolute Gasteiger partial charge is 0.224 e. The fraction of sp³-hybridized carbons (Fsp3) is 0.462. The number of hydrogen-bond donors (Lipinski definition) is 2. The number of benzene rings is 1. The van der Waals surface area contributed by atoms with Gasteiger partial charge in [-0.05, 0) is 24.5 Å². The number of rotatable bonds is 7. The highest BCUT2D eigenvalue weighted by Crippen LogP contribution is 2.10. The molecule has 0 fully saturated rings. The molecule has 0 aromatic heterocycles. The number of unbranched alkanes of at least 4 members (excludes halogenated alkanes) is 1. The Morgan fingerprint density at radius 1 is 1.35 bits per heavy atom. The lowest BCUT2D eigenvalue weighted by Gasteiger charge is -2.06. The van der Waals surface area contributed by atoms with Crippen molar-refractivity contribution in [3.63, 3.8) is 0 Å². The maximum Gasteiger partial charge on any atom is 0.224 e. The van der Waals surface area contributed by atoms with Crippen molar-refractivity contribution in [3.05, 3.63) is 29.8 Å². The van der Waals surface area contributed by atoms with Gasteiger partial charge in [-0.25, -0.2) is 0 Å². The van der Waals surface area contributed by atoms with Gasteiger partial charge in [0, 0.05) is 25.9 Å². The van der Waals surface area contributed by atoms with Crippen LogP contribution in [0.5, 0.6) is 0 Å². The molecule has 3 N–H and O–H groups in total. The quantitative estimate of drug-likeness (QED) is 0.555. The Morgan fingerprint density at radius 2 is 2.12 bits per heavy atom. The summed E-state index contributed by atoms with van der Waals surface area (Å²) in [5, 5.41) is 2.87. The van der Waals surface area contributed by atoms with Crippen LogP contribution in [0.15, 0.2) is 24.3 Å². The van der Waals surface area contributed by atoms with Crippen LogP contribution in [0.1, 0.15) is 18.4 Å². The fourth-order valence-corrected chi connectivity index (χ4v) is 1.53. The number of carbonyl (C=O) groups excluding carboxylic acids is 1. The van der Waals surface area contributed by atoms with Gasteiger partial charge in [-0.3, -0.25) is 4.79 Å². The summed E-state index contributed by atoms with van der Waals surface area (Å²) in [5.74, 6) is 0.0142. The third-order valence-corrected chi connectivity index (χ3v) is 2.50. The number of hydrogen-bond acceptors (Lipinski definition) is 3. The summed E-state index contributed by atoms with van der Waals surface area (Å²) in [6.07, 6.45) is 2.24. The number of nitrogens with one attached hydrogen (secondary N) is 1. The van der Waals surface area contributed by atoms with E-state index in [-0.39, 0.29) is 5.91 Å². The Kier molecular flexibility index (Phi) is 6.10. The highest BCUT2D eigenvalue weighted by molar-refractivity contribution is 5.80. The number of carbonyl (C=O) groups is 1. The summed E-state index contributed by atoms with van der Waals surface area (Å²) in [6.45, 7) is 1.43. The Morgan fingerprint density at radius 3 is 2.82 bits per heavy atom. The number of anilines is 1. The second kappa shape index (κ2) is 7.68. The van der Waals surface area contributed by atoms with Crippen molar-refractivity contribution in [1.29, 1.82) is 0 Å². The van der Waals surface area contributed by atoms with Gasteiger partial charge in [0.2, 0.25) is 5.91 Å². The van der Waals surface area contributed by atoms with Gasteiger partial charge < -0.3 is 15.8 Å². The van der Waals surface area contributed by atoms with Crippen LogP contribution in [-0.4, -0.2) is 26.2 Å². The van der Waals surface area contributed by atoms with E-state index in [9.17, 15) is 4.79 Å². The molecule has 4 nitrogen and oxygen atoms in total. The number of nitrogen functional groups attached to an aromatic ring is 1. The number of ether oxygens (including phenoxy) is 1. The molecule has 0 radical (unpaired) electrons. The van der Waals surface area contributed by atoms with Crippen molar-refractivity contribution in [2.24, 2.45) is 0 Å². The molecule has 0 spiro atoms. The lowest BCUT2D eigenvalue weighted by molar-refractivity contribution is -0.120. The summed E-state index contributed by atoms with van der Waals surface area (Å²) in [7, 11) is 1.68. The topological polar surface area (TPSA) is 64.3 Å². The van der Waals surface area contributed by atoms with Gasteiger partial charge >= 0.3 is 0 Å². The zero-order chi connectivity index (χ0) is 12.5. The first-order valence-corrected chi connectivity index (χ1v) is 5.83. The molecular weight excluding hydrogens is 216 g/mol. The fourth-order valence-electron chi connectivity index (χ4n) is 1.53. The first kappa shape index (κ1) is 13.5. The normalized spacial score (nSPS) is 10.2. The second-order valence-corrected chi connectivity index (χ2v) is 3.93. The minimum atomic E-state index is 0.0142. The van der Waals surface area contributed by atoms with E-state index >= 15 is 0 Å². The maximum absolute atomic E-state index is 11.6. The van der Waals surface area contributed by atoms with Crippen LogP contribution in [0, 0.1) is 0 Å². The molecule has 1 amide bonds.